The summed E-state index contributed by atoms with van der Waals surface area (Å²) in [7, 11) is 0. The van der Waals surface area contributed by atoms with Crippen LogP contribution >= 0.6 is 35.0 Å². The number of rotatable bonds is 8. The number of nitrogens with zero attached hydrogens (tertiary/aromatic N) is 3. The highest BCUT2D eigenvalue weighted by atomic mass is 35.5. The summed E-state index contributed by atoms with van der Waals surface area (Å²) in [5, 5.41) is 18.5. The van der Waals surface area contributed by atoms with E-state index in [9.17, 15) is 18.7 Å². The first-order chi connectivity index (χ1) is 20.1. The van der Waals surface area contributed by atoms with E-state index in [1.165, 1.54) is 11.8 Å². The number of anilines is 1. The monoisotopic (exact) mass is 639 g/mol. The lowest BCUT2D eigenvalue weighted by atomic mass is 9.89. The average Bonchev–Trinajstić information content (AvgIpc) is 3.23. The fraction of sp³-hybridized carbons (Fsp3) is 0.448. The molecule has 1 aromatic heterocycles. The van der Waals surface area contributed by atoms with Crippen LogP contribution in [0, 0.1) is 0 Å². The Morgan fingerprint density at radius 2 is 1.98 bits per heavy atom. The summed E-state index contributed by atoms with van der Waals surface area (Å²) >= 11 is 14.4. The predicted molar refractivity (Wildman–Crippen MR) is 152 cm³/mol. The summed E-state index contributed by atoms with van der Waals surface area (Å²) in [6.07, 6.45) is 0.781. The van der Waals surface area contributed by atoms with Gasteiger partial charge in [-0.05, 0) is 49.6 Å². The summed E-state index contributed by atoms with van der Waals surface area (Å²) in [6, 6.07) is 9.95. The van der Waals surface area contributed by atoms with Crippen molar-refractivity contribution >= 4 is 46.6 Å². The number of aromatic carboxylic acids is 1. The first-order valence-corrected chi connectivity index (χ1v) is 15.4. The quantitative estimate of drug-likeness (QED) is 0.267. The molecule has 4 heterocycles. The maximum Gasteiger partial charge on any atom is 0.335 e. The van der Waals surface area contributed by atoms with E-state index in [0.29, 0.717) is 39.9 Å². The molecule has 1 N–H and O–H groups in total. The molecule has 0 spiro atoms. The standard InChI is InChI=1S/C29H26Cl2F3N3O4S/c30-20-2-1-3-21(31)24(20)25-18(26(41-35-25)19-11-29(19,33)34)12-40-13-28-7-6-17(9-16(32)10-28)37(28)36-14-42-23-8-15(27(38)39)4-5-22(23)36/h1-5,8,16-17,19H,6-7,9-14H2,(H,38,39). The Kier molecular flexibility index (Phi) is 6.97. The van der Waals surface area contributed by atoms with Crippen molar-refractivity contribution in [1.82, 2.24) is 10.2 Å². The van der Waals surface area contributed by atoms with Crippen LogP contribution in [-0.4, -0.2) is 57.4 Å². The Morgan fingerprint density at radius 3 is 2.69 bits per heavy atom. The van der Waals surface area contributed by atoms with E-state index < -0.39 is 29.5 Å². The van der Waals surface area contributed by atoms with Crippen LogP contribution in [0.2, 0.25) is 10.0 Å². The Labute approximate surface area is 253 Å². The number of hydrazine groups is 1. The molecule has 7 rings (SSSR count). The Hall–Kier alpha value is -2.44. The van der Waals surface area contributed by atoms with Crippen molar-refractivity contribution in [2.75, 3.05) is 17.5 Å². The van der Waals surface area contributed by atoms with Gasteiger partial charge in [-0.1, -0.05) is 34.4 Å². The van der Waals surface area contributed by atoms with Gasteiger partial charge in [0, 0.05) is 34.9 Å². The number of aromatic nitrogens is 1. The molecule has 4 aliphatic rings. The summed E-state index contributed by atoms with van der Waals surface area (Å²) in [5.74, 6) is -4.38. The van der Waals surface area contributed by atoms with Crippen molar-refractivity contribution in [3.05, 3.63) is 63.3 Å². The molecule has 2 saturated heterocycles. The number of halogens is 5. The summed E-state index contributed by atoms with van der Waals surface area (Å²) < 4.78 is 55.2. The van der Waals surface area contributed by atoms with Crippen LogP contribution in [0.3, 0.4) is 0 Å². The van der Waals surface area contributed by atoms with E-state index in [1.807, 2.05) is 0 Å². The minimum atomic E-state index is -2.89. The van der Waals surface area contributed by atoms with Crippen LogP contribution in [0.25, 0.3) is 11.3 Å². The van der Waals surface area contributed by atoms with Gasteiger partial charge < -0.3 is 14.4 Å². The third-order valence-corrected chi connectivity index (χ3v) is 10.4. The first kappa shape index (κ1) is 28.3. The number of carbonyl (C=O) groups is 1. The molecular formula is C29H26Cl2F3N3O4S. The molecule has 3 aliphatic heterocycles. The minimum Gasteiger partial charge on any atom is -0.478 e. The van der Waals surface area contributed by atoms with Crippen molar-refractivity contribution in [3.63, 3.8) is 0 Å². The molecule has 222 valence electrons. The fourth-order valence-corrected chi connectivity index (χ4v) is 8.40. The molecule has 0 radical (unpaired) electrons. The predicted octanol–water partition coefficient (Wildman–Crippen LogP) is 7.81. The van der Waals surface area contributed by atoms with E-state index in [4.69, 9.17) is 32.5 Å². The zero-order valence-electron chi connectivity index (χ0n) is 22.2. The number of hydrogen-bond donors (Lipinski definition) is 1. The Balaban J connectivity index is 1.18. The van der Waals surface area contributed by atoms with E-state index in [1.54, 1.807) is 36.4 Å². The number of thioether (sulfide) groups is 1. The van der Waals surface area contributed by atoms with Gasteiger partial charge in [-0.15, -0.1) is 11.8 Å². The molecule has 1 saturated carbocycles. The number of piperidine rings is 1. The molecule has 0 amide bonds. The van der Waals surface area contributed by atoms with Gasteiger partial charge in [0.25, 0.3) is 5.92 Å². The highest BCUT2D eigenvalue weighted by molar-refractivity contribution is 7.99. The zero-order chi connectivity index (χ0) is 29.4. The van der Waals surface area contributed by atoms with Gasteiger partial charge in [-0.3, -0.25) is 5.01 Å². The number of hydrogen-bond acceptors (Lipinski definition) is 7. The van der Waals surface area contributed by atoms with Crippen molar-refractivity contribution in [1.29, 1.82) is 0 Å². The highest BCUT2D eigenvalue weighted by Crippen LogP contribution is 2.58. The second kappa shape index (κ2) is 10.3. The molecule has 2 bridgehead atoms. The third kappa shape index (κ3) is 4.68. The van der Waals surface area contributed by atoms with Gasteiger partial charge in [0.1, 0.15) is 11.9 Å². The van der Waals surface area contributed by atoms with Crippen LogP contribution in [0.4, 0.5) is 18.9 Å². The third-order valence-electron chi connectivity index (χ3n) is 8.77. The lowest BCUT2D eigenvalue weighted by Gasteiger charge is -2.50. The SMILES string of the molecule is O=C(O)c1ccc2c(c1)SCN2N1C2CCC1(COCc1c(-c3c(Cl)cccc3Cl)noc1C1CC1(F)F)CC(F)C2. The van der Waals surface area contributed by atoms with Crippen molar-refractivity contribution < 1.29 is 32.3 Å². The van der Waals surface area contributed by atoms with Crippen LogP contribution in [0.5, 0.6) is 0 Å². The van der Waals surface area contributed by atoms with Gasteiger partial charge >= 0.3 is 5.97 Å². The zero-order valence-corrected chi connectivity index (χ0v) is 24.5. The number of fused-ring (bicyclic) bond motifs is 3. The van der Waals surface area contributed by atoms with E-state index in [0.717, 1.165) is 17.0 Å². The van der Waals surface area contributed by atoms with E-state index in [-0.39, 0.29) is 49.1 Å². The topological polar surface area (TPSA) is 79.0 Å². The van der Waals surface area contributed by atoms with Gasteiger partial charge in [-0.2, -0.15) is 0 Å². The van der Waals surface area contributed by atoms with Crippen molar-refractivity contribution in [3.8, 4) is 11.3 Å². The minimum absolute atomic E-state index is 0.0446. The van der Waals surface area contributed by atoms with Crippen molar-refractivity contribution in [2.45, 2.75) is 73.2 Å². The molecule has 42 heavy (non-hydrogen) atoms. The number of benzene rings is 2. The average molecular weight is 641 g/mol. The van der Waals surface area contributed by atoms with Gasteiger partial charge in [0.2, 0.25) is 0 Å². The number of carboxylic acid groups (broad SMARTS) is 1. The molecule has 3 aromatic rings. The maximum atomic E-state index is 15.1. The highest BCUT2D eigenvalue weighted by Gasteiger charge is 2.61. The largest absolute Gasteiger partial charge is 0.478 e. The van der Waals surface area contributed by atoms with Crippen LogP contribution in [0.15, 0.2) is 45.8 Å². The molecule has 7 nitrogen and oxygen atoms in total. The van der Waals surface area contributed by atoms with Gasteiger partial charge in [0.15, 0.2) is 5.76 Å². The van der Waals surface area contributed by atoms with Crippen LogP contribution < -0.4 is 5.01 Å². The molecular weight excluding hydrogens is 614 g/mol. The number of alkyl halides is 3. The lowest BCUT2D eigenvalue weighted by Crippen LogP contribution is -2.62. The van der Waals surface area contributed by atoms with Crippen LogP contribution in [0.1, 0.15) is 59.7 Å². The van der Waals surface area contributed by atoms with Crippen molar-refractivity contribution in [2.24, 2.45) is 0 Å². The lowest BCUT2D eigenvalue weighted by molar-refractivity contribution is -0.0541. The normalized spacial score (nSPS) is 27.8. The fourth-order valence-electron chi connectivity index (χ4n) is 6.76. The summed E-state index contributed by atoms with van der Waals surface area (Å²) in [4.78, 5) is 12.4. The molecule has 2 aromatic carbocycles. The maximum absolute atomic E-state index is 15.1. The summed E-state index contributed by atoms with van der Waals surface area (Å²) in [6.45, 7) is 0.0574. The Bertz CT molecular complexity index is 1550. The molecule has 4 unspecified atom stereocenters. The van der Waals surface area contributed by atoms with E-state index in [2.05, 4.69) is 15.2 Å². The molecule has 13 heteroatoms. The van der Waals surface area contributed by atoms with Gasteiger partial charge in [-0.25, -0.2) is 23.0 Å². The Morgan fingerprint density at radius 1 is 1.21 bits per heavy atom. The van der Waals surface area contributed by atoms with E-state index >= 15 is 4.39 Å². The first-order valence-electron chi connectivity index (χ1n) is 13.7. The number of ether oxygens (including phenoxy) is 1. The second-order valence-electron chi connectivity index (χ2n) is 11.4. The smallest absolute Gasteiger partial charge is 0.335 e. The molecule has 1 aliphatic carbocycles. The second-order valence-corrected chi connectivity index (χ2v) is 13.2. The number of carboxylic acids is 1. The van der Waals surface area contributed by atoms with Gasteiger partial charge in [0.05, 0.1) is 51.8 Å². The van der Waals surface area contributed by atoms with Crippen LogP contribution in [-0.2, 0) is 11.3 Å². The molecule has 4 atom stereocenters. The summed E-state index contributed by atoms with van der Waals surface area (Å²) in [5.41, 5.74) is 1.43. The molecule has 3 fully saturated rings.